The molecule has 0 bridgehead atoms. The summed E-state index contributed by atoms with van der Waals surface area (Å²) in [4.78, 5) is 12.0. The molecule has 4 rings (SSSR count). The highest BCUT2D eigenvalue weighted by atomic mass is 15.3. The standard InChI is InChI=1S/C20H26N6/c1-13-7-9-26(10-8-13)20-23-18(16-12-21-25(4)19(16)24-20)22-17-6-5-14(2)11-15(17)3/h5-6,11-13H,7-10H2,1-4H3,(H,22,23,24). The van der Waals surface area contributed by atoms with Gasteiger partial charge in [-0.15, -0.1) is 0 Å². The number of piperidine rings is 1. The first-order valence-electron chi connectivity index (χ1n) is 9.30. The van der Waals surface area contributed by atoms with Crippen LogP contribution in [-0.2, 0) is 7.05 Å². The molecule has 2 aromatic heterocycles. The average molecular weight is 350 g/mol. The van der Waals surface area contributed by atoms with Gasteiger partial charge in [0, 0.05) is 25.8 Å². The van der Waals surface area contributed by atoms with Crippen LogP contribution in [0.3, 0.4) is 0 Å². The van der Waals surface area contributed by atoms with Gasteiger partial charge >= 0.3 is 0 Å². The molecule has 1 fully saturated rings. The monoisotopic (exact) mass is 350 g/mol. The molecule has 6 heteroatoms. The summed E-state index contributed by atoms with van der Waals surface area (Å²) in [6, 6.07) is 6.40. The summed E-state index contributed by atoms with van der Waals surface area (Å²) in [6.45, 7) is 8.55. The molecule has 0 spiro atoms. The zero-order valence-electron chi connectivity index (χ0n) is 16.0. The lowest BCUT2D eigenvalue weighted by Crippen LogP contribution is -2.34. The van der Waals surface area contributed by atoms with Gasteiger partial charge in [0.05, 0.1) is 11.6 Å². The molecule has 26 heavy (non-hydrogen) atoms. The van der Waals surface area contributed by atoms with E-state index in [2.05, 4.69) is 54.3 Å². The largest absolute Gasteiger partial charge is 0.341 e. The Morgan fingerprint density at radius 3 is 2.62 bits per heavy atom. The molecule has 0 unspecified atom stereocenters. The van der Waals surface area contributed by atoms with Gasteiger partial charge in [-0.05, 0) is 44.2 Å². The van der Waals surface area contributed by atoms with Crippen molar-refractivity contribution in [3.05, 3.63) is 35.5 Å². The number of anilines is 3. The highest BCUT2D eigenvalue weighted by Gasteiger charge is 2.21. The first kappa shape index (κ1) is 16.8. The minimum absolute atomic E-state index is 0.777. The quantitative estimate of drug-likeness (QED) is 0.775. The maximum Gasteiger partial charge on any atom is 0.229 e. The van der Waals surface area contributed by atoms with Crippen LogP contribution in [0.4, 0.5) is 17.5 Å². The van der Waals surface area contributed by atoms with Gasteiger partial charge in [0.15, 0.2) is 5.65 Å². The van der Waals surface area contributed by atoms with Gasteiger partial charge < -0.3 is 10.2 Å². The van der Waals surface area contributed by atoms with E-state index in [1.165, 1.54) is 24.0 Å². The highest BCUT2D eigenvalue weighted by molar-refractivity contribution is 5.89. The van der Waals surface area contributed by atoms with E-state index in [1.807, 2.05) is 17.9 Å². The Kier molecular flexibility index (Phi) is 4.26. The van der Waals surface area contributed by atoms with Gasteiger partial charge in [0.25, 0.3) is 0 Å². The van der Waals surface area contributed by atoms with Crippen LogP contribution < -0.4 is 10.2 Å². The first-order chi connectivity index (χ1) is 12.5. The molecule has 0 aliphatic carbocycles. The highest BCUT2D eigenvalue weighted by Crippen LogP contribution is 2.29. The lowest BCUT2D eigenvalue weighted by molar-refractivity contribution is 0.434. The number of nitrogens with zero attached hydrogens (tertiary/aromatic N) is 5. The fourth-order valence-corrected chi connectivity index (χ4v) is 3.54. The van der Waals surface area contributed by atoms with Gasteiger partial charge in [-0.3, -0.25) is 4.68 Å². The predicted octanol–water partition coefficient (Wildman–Crippen LogP) is 3.96. The Labute approximate surface area is 154 Å². The molecule has 1 N–H and O–H groups in total. The molecular weight excluding hydrogens is 324 g/mol. The summed E-state index contributed by atoms with van der Waals surface area (Å²) >= 11 is 0. The van der Waals surface area contributed by atoms with E-state index in [4.69, 9.17) is 9.97 Å². The molecule has 6 nitrogen and oxygen atoms in total. The molecule has 1 saturated heterocycles. The number of aromatic nitrogens is 4. The van der Waals surface area contributed by atoms with E-state index >= 15 is 0 Å². The zero-order valence-corrected chi connectivity index (χ0v) is 16.0. The molecule has 136 valence electrons. The van der Waals surface area contributed by atoms with Crippen LogP contribution >= 0.6 is 0 Å². The Morgan fingerprint density at radius 2 is 1.88 bits per heavy atom. The summed E-state index contributed by atoms with van der Waals surface area (Å²) in [7, 11) is 1.93. The Morgan fingerprint density at radius 1 is 1.12 bits per heavy atom. The summed E-state index contributed by atoms with van der Waals surface area (Å²) < 4.78 is 1.82. The van der Waals surface area contributed by atoms with E-state index in [0.29, 0.717) is 0 Å². The third-order valence-corrected chi connectivity index (χ3v) is 5.28. The van der Waals surface area contributed by atoms with Crippen molar-refractivity contribution >= 4 is 28.5 Å². The second-order valence-electron chi connectivity index (χ2n) is 7.49. The molecule has 0 atom stereocenters. The summed E-state index contributed by atoms with van der Waals surface area (Å²) in [5.74, 6) is 2.39. The van der Waals surface area contributed by atoms with Crippen LogP contribution in [0.1, 0.15) is 30.9 Å². The maximum atomic E-state index is 4.87. The number of rotatable bonds is 3. The first-order valence-corrected chi connectivity index (χ1v) is 9.30. The summed E-state index contributed by atoms with van der Waals surface area (Å²) in [5.41, 5.74) is 4.39. The number of hydrogen-bond acceptors (Lipinski definition) is 5. The SMILES string of the molecule is Cc1ccc(Nc2nc(N3CCC(C)CC3)nc3c2cnn3C)c(C)c1. The van der Waals surface area contributed by atoms with E-state index in [9.17, 15) is 0 Å². The third-order valence-electron chi connectivity index (χ3n) is 5.28. The van der Waals surface area contributed by atoms with E-state index in [0.717, 1.165) is 47.5 Å². The fourth-order valence-electron chi connectivity index (χ4n) is 3.54. The van der Waals surface area contributed by atoms with Gasteiger partial charge in [-0.2, -0.15) is 15.1 Å². The van der Waals surface area contributed by atoms with Crippen molar-refractivity contribution in [2.24, 2.45) is 13.0 Å². The molecule has 0 radical (unpaired) electrons. The smallest absolute Gasteiger partial charge is 0.229 e. The van der Waals surface area contributed by atoms with Gasteiger partial charge in [0.2, 0.25) is 5.95 Å². The average Bonchev–Trinajstić information content (AvgIpc) is 2.99. The van der Waals surface area contributed by atoms with E-state index < -0.39 is 0 Å². The Balaban J connectivity index is 1.75. The minimum atomic E-state index is 0.777. The van der Waals surface area contributed by atoms with Crippen molar-refractivity contribution in [2.45, 2.75) is 33.6 Å². The summed E-state index contributed by atoms with van der Waals surface area (Å²) in [6.07, 6.45) is 4.21. The van der Waals surface area contributed by atoms with E-state index in [1.54, 1.807) is 0 Å². The van der Waals surface area contributed by atoms with Crippen molar-refractivity contribution in [1.29, 1.82) is 0 Å². The Bertz CT molecular complexity index is 937. The van der Waals surface area contributed by atoms with Crippen molar-refractivity contribution < 1.29 is 0 Å². The number of hydrogen-bond donors (Lipinski definition) is 1. The van der Waals surface area contributed by atoms with Crippen LogP contribution in [0.25, 0.3) is 11.0 Å². The van der Waals surface area contributed by atoms with Gasteiger partial charge in [0.1, 0.15) is 5.82 Å². The Hall–Kier alpha value is -2.63. The predicted molar refractivity (Wildman–Crippen MR) is 106 cm³/mol. The second kappa shape index (κ2) is 6.59. The molecular formula is C20H26N6. The number of nitrogens with one attached hydrogen (secondary N) is 1. The molecule has 1 aliphatic rings. The molecule has 3 heterocycles. The van der Waals surface area contributed by atoms with Gasteiger partial charge in [-0.1, -0.05) is 24.6 Å². The van der Waals surface area contributed by atoms with Crippen LogP contribution in [-0.4, -0.2) is 32.8 Å². The lowest BCUT2D eigenvalue weighted by atomic mass is 10.00. The minimum Gasteiger partial charge on any atom is -0.341 e. The fraction of sp³-hybridized carbons (Fsp3) is 0.450. The van der Waals surface area contributed by atoms with Gasteiger partial charge in [-0.25, -0.2) is 0 Å². The molecule has 1 aromatic carbocycles. The normalized spacial score (nSPS) is 15.6. The van der Waals surface area contributed by atoms with Crippen molar-refractivity contribution in [3.63, 3.8) is 0 Å². The molecule has 0 amide bonds. The number of fused-ring (bicyclic) bond motifs is 1. The van der Waals surface area contributed by atoms with Crippen molar-refractivity contribution in [1.82, 2.24) is 19.7 Å². The second-order valence-corrected chi connectivity index (χ2v) is 7.49. The van der Waals surface area contributed by atoms with E-state index in [-0.39, 0.29) is 0 Å². The van der Waals surface area contributed by atoms with Crippen LogP contribution in [0, 0.1) is 19.8 Å². The van der Waals surface area contributed by atoms with Crippen LogP contribution in [0.2, 0.25) is 0 Å². The third kappa shape index (κ3) is 3.11. The topological polar surface area (TPSA) is 58.9 Å². The maximum absolute atomic E-state index is 4.87. The van der Waals surface area contributed by atoms with Crippen molar-refractivity contribution in [3.8, 4) is 0 Å². The summed E-state index contributed by atoms with van der Waals surface area (Å²) in [5, 5.41) is 8.85. The lowest BCUT2D eigenvalue weighted by Gasteiger charge is -2.30. The molecule has 3 aromatic rings. The van der Waals surface area contributed by atoms with Crippen LogP contribution in [0.5, 0.6) is 0 Å². The number of aryl methyl sites for hydroxylation is 3. The molecule has 1 aliphatic heterocycles. The van der Waals surface area contributed by atoms with Crippen molar-refractivity contribution in [2.75, 3.05) is 23.3 Å². The molecule has 0 saturated carbocycles. The number of benzene rings is 1. The van der Waals surface area contributed by atoms with Crippen LogP contribution in [0.15, 0.2) is 24.4 Å². The zero-order chi connectivity index (χ0) is 18.3.